The molecule has 0 bridgehead atoms. The second-order valence-electron chi connectivity index (χ2n) is 2.79. The van der Waals surface area contributed by atoms with Gasteiger partial charge in [-0.15, -0.1) is 0 Å². The molecule has 1 atom stereocenters. The van der Waals surface area contributed by atoms with Crippen LogP contribution in [0, 0.1) is 11.3 Å². The number of unbranched alkanes of at least 4 members (excludes halogenated alkanes) is 1. The minimum absolute atomic E-state index is 0.212. The Bertz CT molecular complexity index is 242. The van der Waals surface area contributed by atoms with Crippen molar-refractivity contribution in [2.75, 3.05) is 6.61 Å². The number of carbonyl (C=O) groups excluding carboxylic acids is 1. The van der Waals surface area contributed by atoms with E-state index in [1.807, 2.05) is 6.92 Å². The van der Waals surface area contributed by atoms with E-state index in [-0.39, 0.29) is 5.57 Å². The summed E-state index contributed by atoms with van der Waals surface area (Å²) in [5.74, 6) is -0.725. The van der Waals surface area contributed by atoms with Crippen molar-refractivity contribution in [1.82, 2.24) is 0 Å². The van der Waals surface area contributed by atoms with Gasteiger partial charge in [-0.05, 0) is 13.3 Å². The van der Waals surface area contributed by atoms with E-state index in [1.165, 1.54) is 0 Å². The highest BCUT2D eigenvalue weighted by atomic mass is 16.7. The third kappa shape index (κ3) is 5.33. The fourth-order valence-electron chi connectivity index (χ4n) is 0.695. The summed E-state index contributed by atoms with van der Waals surface area (Å²) >= 11 is 0. The number of nitriles is 1. The molecule has 0 aliphatic heterocycles. The molecule has 4 heteroatoms. The van der Waals surface area contributed by atoms with E-state index < -0.39 is 12.3 Å². The van der Waals surface area contributed by atoms with Crippen LogP contribution in [0.4, 0.5) is 0 Å². The largest absolute Gasteiger partial charge is 0.432 e. The molecule has 0 aromatic heterocycles. The number of esters is 1. The second kappa shape index (κ2) is 7.10. The van der Waals surface area contributed by atoms with Gasteiger partial charge < -0.3 is 9.47 Å². The summed E-state index contributed by atoms with van der Waals surface area (Å²) in [6.07, 6.45) is 1.31. The Morgan fingerprint density at radius 2 is 2.29 bits per heavy atom. The molecule has 0 N–H and O–H groups in total. The van der Waals surface area contributed by atoms with Gasteiger partial charge in [-0.25, -0.2) is 4.79 Å². The third-order valence-corrected chi connectivity index (χ3v) is 1.50. The first-order valence-corrected chi connectivity index (χ1v) is 4.53. The number of rotatable bonds is 6. The Labute approximate surface area is 84.1 Å². The van der Waals surface area contributed by atoms with Crippen molar-refractivity contribution in [3.8, 4) is 6.07 Å². The van der Waals surface area contributed by atoms with Crippen LogP contribution in [0.1, 0.15) is 26.7 Å². The molecule has 0 aromatic carbocycles. The van der Waals surface area contributed by atoms with E-state index >= 15 is 0 Å². The lowest BCUT2D eigenvalue weighted by molar-refractivity contribution is -0.169. The first-order chi connectivity index (χ1) is 6.61. The van der Waals surface area contributed by atoms with E-state index in [0.717, 1.165) is 12.8 Å². The van der Waals surface area contributed by atoms with E-state index in [2.05, 4.69) is 6.58 Å². The molecule has 1 unspecified atom stereocenters. The van der Waals surface area contributed by atoms with Gasteiger partial charge in [-0.3, -0.25) is 0 Å². The molecule has 4 nitrogen and oxygen atoms in total. The van der Waals surface area contributed by atoms with Crippen molar-refractivity contribution in [1.29, 1.82) is 5.26 Å². The normalized spacial score (nSPS) is 11.5. The average Bonchev–Trinajstić information content (AvgIpc) is 2.16. The van der Waals surface area contributed by atoms with Gasteiger partial charge in [0.1, 0.15) is 11.6 Å². The molecular formula is C10H15NO3. The van der Waals surface area contributed by atoms with Crippen LogP contribution in [-0.4, -0.2) is 18.9 Å². The molecule has 0 rings (SSSR count). The molecule has 0 aliphatic rings. The Kier molecular flexibility index (Phi) is 6.42. The lowest BCUT2D eigenvalue weighted by Crippen LogP contribution is -2.19. The smallest absolute Gasteiger partial charge is 0.350 e. The van der Waals surface area contributed by atoms with E-state index in [4.69, 9.17) is 14.7 Å². The zero-order chi connectivity index (χ0) is 11.0. The Morgan fingerprint density at radius 1 is 1.64 bits per heavy atom. The minimum atomic E-state index is -0.725. The number of hydrogen-bond donors (Lipinski definition) is 0. The van der Waals surface area contributed by atoms with Gasteiger partial charge >= 0.3 is 5.97 Å². The van der Waals surface area contributed by atoms with Crippen molar-refractivity contribution < 1.29 is 14.3 Å². The molecule has 0 fully saturated rings. The first kappa shape index (κ1) is 12.7. The highest BCUT2D eigenvalue weighted by Gasteiger charge is 2.12. The van der Waals surface area contributed by atoms with Crippen LogP contribution in [0.2, 0.25) is 0 Å². The predicted molar refractivity (Wildman–Crippen MR) is 51.2 cm³/mol. The highest BCUT2D eigenvalue weighted by molar-refractivity contribution is 5.91. The minimum Gasteiger partial charge on any atom is -0.432 e. The lowest BCUT2D eigenvalue weighted by Gasteiger charge is -2.12. The number of carbonyl (C=O) groups is 1. The first-order valence-electron chi connectivity index (χ1n) is 4.53. The van der Waals surface area contributed by atoms with E-state index in [1.54, 1.807) is 13.0 Å². The summed E-state index contributed by atoms with van der Waals surface area (Å²) in [4.78, 5) is 11.0. The van der Waals surface area contributed by atoms with E-state index in [9.17, 15) is 4.79 Å². The molecule has 0 radical (unpaired) electrons. The summed E-state index contributed by atoms with van der Waals surface area (Å²) in [6.45, 7) is 7.43. The predicted octanol–water partition coefficient (Wildman–Crippen LogP) is 1.77. The van der Waals surface area contributed by atoms with Gasteiger partial charge in [0, 0.05) is 0 Å². The molecule has 0 aromatic rings. The van der Waals surface area contributed by atoms with Gasteiger partial charge in [-0.1, -0.05) is 19.9 Å². The standard InChI is InChI=1S/C10H15NO3/c1-4-5-6-13-9(3)14-10(12)8(2)7-11/h9H,2,4-6H2,1,3H3. The summed E-state index contributed by atoms with van der Waals surface area (Å²) in [6, 6.07) is 1.61. The summed E-state index contributed by atoms with van der Waals surface area (Å²) in [5, 5.41) is 8.34. The fourth-order valence-corrected chi connectivity index (χ4v) is 0.695. The molecule has 0 heterocycles. The summed E-state index contributed by atoms with van der Waals surface area (Å²) < 4.78 is 9.92. The van der Waals surface area contributed by atoms with Crippen molar-refractivity contribution in [3.05, 3.63) is 12.2 Å². The second-order valence-corrected chi connectivity index (χ2v) is 2.79. The molecule has 78 valence electrons. The molecular weight excluding hydrogens is 182 g/mol. The maximum Gasteiger partial charge on any atom is 0.350 e. The van der Waals surface area contributed by atoms with E-state index in [0.29, 0.717) is 6.61 Å². The molecule has 0 amide bonds. The number of ether oxygens (including phenoxy) is 2. The quantitative estimate of drug-likeness (QED) is 0.214. The molecule has 0 saturated carbocycles. The van der Waals surface area contributed by atoms with Crippen LogP contribution in [0.5, 0.6) is 0 Å². The van der Waals surface area contributed by atoms with Gasteiger partial charge in [0.25, 0.3) is 0 Å². The van der Waals surface area contributed by atoms with Gasteiger partial charge in [0.15, 0.2) is 0 Å². The van der Waals surface area contributed by atoms with Crippen LogP contribution in [-0.2, 0) is 14.3 Å². The maximum atomic E-state index is 11.0. The van der Waals surface area contributed by atoms with Crippen molar-refractivity contribution in [2.24, 2.45) is 0 Å². The van der Waals surface area contributed by atoms with Crippen LogP contribution in [0.25, 0.3) is 0 Å². The lowest BCUT2D eigenvalue weighted by atomic mass is 10.3. The Morgan fingerprint density at radius 3 is 2.79 bits per heavy atom. The topological polar surface area (TPSA) is 59.3 Å². The van der Waals surface area contributed by atoms with Crippen LogP contribution in [0.3, 0.4) is 0 Å². The van der Waals surface area contributed by atoms with Crippen molar-refractivity contribution in [2.45, 2.75) is 33.0 Å². The van der Waals surface area contributed by atoms with Gasteiger partial charge in [0.05, 0.1) is 6.61 Å². The summed E-state index contributed by atoms with van der Waals surface area (Å²) in [5.41, 5.74) is -0.212. The number of hydrogen-bond acceptors (Lipinski definition) is 4. The highest BCUT2D eigenvalue weighted by Crippen LogP contribution is 2.01. The van der Waals surface area contributed by atoms with Crippen LogP contribution < -0.4 is 0 Å². The van der Waals surface area contributed by atoms with Crippen molar-refractivity contribution in [3.63, 3.8) is 0 Å². The zero-order valence-electron chi connectivity index (χ0n) is 8.58. The number of nitrogens with zero attached hydrogens (tertiary/aromatic N) is 1. The van der Waals surface area contributed by atoms with Gasteiger partial charge in [0.2, 0.25) is 6.29 Å². The Hall–Kier alpha value is -1.34. The monoisotopic (exact) mass is 197 g/mol. The third-order valence-electron chi connectivity index (χ3n) is 1.50. The molecule has 0 saturated heterocycles. The Balaban J connectivity index is 3.72. The average molecular weight is 197 g/mol. The molecule has 0 aliphatic carbocycles. The molecule has 14 heavy (non-hydrogen) atoms. The van der Waals surface area contributed by atoms with Crippen LogP contribution in [0.15, 0.2) is 12.2 Å². The summed E-state index contributed by atoms with van der Waals surface area (Å²) in [7, 11) is 0. The van der Waals surface area contributed by atoms with Crippen molar-refractivity contribution >= 4 is 5.97 Å². The molecule has 0 spiro atoms. The van der Waals surface area contributed by atoms with Gasteiger partial charge in [-0.2, -0.15) is 5.26 Å². The maximum absolute atomic E-state index is 11.0. The van der Waals surface area contributed by atoms with Crippen LogP contribution >= 0.6 is 0 Å². The zero-order valence-corrected chi connectivity index (χ0v) is 8.58. The fraction of sp³-hybridized carbons (Fsp3) is 0.600. The SMILES string of the molecule is C=C(C#N)C(=O)OC(C)OCCCC.